The van der Waals surface area contributed by atoms with Crippen molar-refractivity contribution in [2.24, 2.45) is 4.99 Å². The van der Waals surface area contributed by atoms with Gasteiger partial charge in [-0.25, -0.2) is 4.39 Å². The largest absolute Gasteiger partial charge is 0.496 e. The van der Waals surface area contributed by atoms with Gasteiger partial charge >= 0.3 is 6.61 Å². The summed E-state index contributed by atoms with van der Waals surface area (Å²) in [5.74, 6) is 0.366. The van der Waals surface area contributed by atoms with E-state index >= 15 is 0 Å². The van der Waals surface area contributed by atoms with Crippen LogP contribution in [0.2, 0.25) is 0 Å². The van der Waals surface area contributed by atoms with Gasteiger partial charge in [-0.1, -0.05) is 24.3 Å². The zero-order valence-electron chi connectivity index (χ0n) is 15.1. The number of rotatable bonds is 8. The van der Waals surface area contributed by atoms with Crippen LogP contribution in [0.25, 0.3) is 0 Å². The van der Waals surface area contributed by atoms with Crippen molar-refractivity contribution in [2.45, 2.75) is 19.6 Å². The number of ether oxygens (including phenoxy) is 2. The van der Waals surface area contributed by atoms with Gasteiger partial charge in [-0.05, 0) is 30.2 Å². The second-order valence-corrected chi connectivity index (χ2v) is 5.51. The number of halogens is 3. The third-order valence-corrected chi connectivity index (χ3v) is 3.83. The SMILES string of the molecule is CN=C(NCCc1ccccc1OC)NCc1c(F)cccc1OC(F)F. The second-order valence-electron chi connectivity index (χ2n) is 5.51. The van der Waals surface area contributed by atoms with Gasteiger partial charge in [-0.2, -0.15) is 8.78 Å². The highest BCUT2D eigenvalue weighted by molar-refractivity contribution is 5.79. The highest BCUT2D eigenvalue weighted by Gasteiger charge is 2.14. The van der Waals surface area contributed by atoms with Crippen molar-refractivity contribution in [3.05, 3.63) is 59.4 Å². The first-order valence-corrected chi connectivity index (χ1v) is 8.33. The lowest BCUT2D eigenvalue weighted by atomic mass is 10.1. The van der Waals surface area contributed by atoms with Gasteiger partial charge in [0.25, 0.3) is 0 Å². The minimum Gasteiger partial charge on any atom is -0.496 e. The Kier molecular flexibility index (Phi) is 7.79. The van der Waals surface area contributed by atoms with Crippen molar-refractivity contribution in [2.75, 3.05) is 20.7 Å². The molecule has 2 aromatic carbocycles. The number of nitrogens with one attached hydrogen (secondary N) is 2. The van der Waals surface area contributed by atoms with Gasteiger partial charge in [0.15, 0.2) is 5.96 Å². The number of methoxy groups -OCH3 is 1. The van der Waals surface area contributed by atoms with Gasteiger partial charge < -0.3 is 20.1 Å². The molecular formula is C19H22F3N3O2. The number of hydrogen-bond acceptors (Lipinski definition) is 3. The molecule has 0 aromatic heterocycles. The highest BCUT2D eigenvalue weighted by atomic mass is 19.3. The van der Waals surface area contributed by atoms with Crippen molar-refractivity contribution >= 4 is 5.96 Å². The lowest BCUT2D eigenvalue weighted by molar-refractivity contribution is -0.0506. The third-order valence-electron chi connectivity index (χ3n) is 3.83. The molecule has 2 N–H and O–H groups in total. The lowest BCUT2D eigenvalue weighted by Gasteiger charge is -2.15. The molecule has 0 aliphatic heterocycles. The van der Waals surface area contributed by atoms with E-state index in [1.54, 1.807) is 14.2 Å². The minimum absolute atomic E-state index is 0.00507. The first kappa shape index (κ1) is 20.4. The summed E-state index contributed by atoms with van der Waals surface area (Å²) in [6.07, 6.45) is 0.685. The molecule has 0 fully saturated rings. The summed E-state index contributed by atoms with van der Waals surface area (Å²) in [6.45, 7) is -2.52. The van der Waals surface area contributed by atoms with E-state index in [9.17, 15) is 13.2 Å². The molecule has 0 radical (unpaired) electrons. The minimum atomic E-state index is -3.02. The molecular weight excluding hydrogens is 359 g/mol. The van der Waals surface area contributed by atoms with Gasteiger partial charge in [0.2, 0.25) is 0 Å². The molecule has 0 bridgehead atoms. The molecule has 2 aromatic rings. The number of guanidine groups is 1. The number of nitrogens with zero attached hydrogens (tertiary/aromatic N) is 1. The van der Waals surface area contributed by atoms with Crippen molar-refractivity contribution < 1.29 is 22.6 Å². The van der Waals surface area contributed by atoms with Gasteiger partial charge in [-0.15, -0.1) is 0 Å². The van der Waals surface area contributed by atoms with Crippen LogP contribution in [0.15, 0.2) is 47.5 Å². The van der Waals surface area contributed by atoms with E-state index < -0.39 is 12.4 Å². The quantitative estimate of drug-likeness (QED) is 0.544. The molecule has 0 amide bonds. The number of benzene rings is 2. The fraction of sp³-hybridized carbons (Fsp3) is 0.316. The van der Waals surface area contributed by atoms with E-state index in [0.29, 0.717) is 18.9 Å². The smallest absolute Gasteiger partial charge is 0.387 e. The first-order valence-electron chi connectivity index (χ1n) is 8.33. The van der Waals surface area contributed by atoms with E-state index in [1.165, 1.54) is 18.2 Å². The molecule has 146 valence electrons. The molecule has 0 atom stereocenters. The number of hydrogen-bond donors (Lipinski definition) is 2. The zero-order chi connectivity index (χ0) is 19.6. The van der Waals surface area contributed by atoms with Gasteiger partial charge in [0, 0.05) is 25.7 Å². The Hall–Kier alpha value is -2.90. The summed E-state index contributed by atoms with van der Waals surface area (Å²) < 4.78 is 48.6. The normalized spacial score (nSPS) is 11.4. The molecule has 0 aliphatic rings. The molecule has 0 spiro atoms. The van der Waals surface area contributed by atoms with Crippen LogP contribution in [0, 0.1) is 5.82 Å². The molecule has 5 nitrogen and oxygen atoms in total. The van der Waals surface area contributed by atoms with Gasteiger partial charge in [0.05, 0.1) is 7.11 Å². The fourth-order valence-corrected chi connectivity index (χ4v) is 2.53. The summed E-state index contributed by atoms with van der Waals surface area (Å²) in [7, 11) is 3.18. The summed E-state index contributed by atoms with van der Waals surface area (Å²) in [6, 6.07) is 11.5. The van der Waals surface area contributed by atoms with E-state index in [4.69, 9.17) is 4.74 Å². The van der Waals surface area contributed by atoms with Gasteiger partial charge in [0.1, 0.15) is 17.3 Å². The average molecular weight is 381 g/mol. The molecule has 8 heteroatoms. The van der Waals surface area contributed by atoms with Crippen LogP contribution >= 0.6 is 0 Å². The Morgan fingerprint density at radius 3 is 2.52 bits per heavy atom. The second kappa shape index (κ2) is 10.3. The lowest BCUT2D eigenvalue weighted by Crippen LogP contribution is -2.38. The molecule has 0 saturated heterocycles. The zero-order valence-corrected chi connectivity index (χ0v) is 15.1. The molecule has 0 saturated carbocycles. The number of aliphatic imine (C=N–C) groups is 1. The Labute approximate surface area is 156 Å². The Balaban J connectivity index is 1.93. The number of alkyl halides is 2. The van der Waals surface area contributed by atoms with Crippen LogP contribution in [0.4, 0.5) is 13.2 Å². The topological polar surface area (TPSA) is 54.9 Å². The van der Waals surface area contributed by atoms with Crippen LogP contribution in [0.3, 0.4) is 0 Å². The van der Waals surface area contributed by atoms with E-state index in [2.05, 4.69) is 20.4 Å². The van der Waals surface area contributed by atoms with Crippen LogP contribution in [0.1, 0.15) is 11.1 Å². The maximum absolute atomic E-state index is 14.0. The summed E-state index contributed by atoms with van der Waals surface area (Å²) in [5, 5.41) is 5.99. The summed E-state index contributed by atoms with van der Waals surface area (Å²) in [4.78, 5) is 4.05. The van der Waals surface area contributed by atoms with Crippen LogP contribution < -0.4 is 20.1 Å². The van der Waals surface area contributed by atoms with Crippen LogP contribution in [0.5, 0.6) is 11.5 Å². The van der Waals surface area contributed by atoms with Crippen molar-refractivity contribution in [3.8, 4) is 11.5 Å². The maximum Gasteiger partial charge on any atom is 0.387 e. The van der Waals surface area contributed by atoms with Crippen LogP contribution in [-0.2, 0) is 13.0 Å². The van der Waals surface area contributed by atoms with E-state index in [0.717, 1.165) is 11.3 Å². The van der Waals surface area contributed by atoms with Crippen molar-refractivity contribution in [1.29, 1.82) is 0 Å². The third kappa shape index (κ3) is 6.09. The van der Waals surface area contributed by atoms with Gasteiger partial charge in [-0.3, -0.25) is 4.99 Å². The summed E-state index contributed by atoms with van der Waals surface area (Å²) >= 11 is 0. The Morgan fingerprint density at radius 2 is 1.81 bits per heavy atom. The van der Waals surface area contributed by atoms with Crippen molar-refractivity contribution in [1.82, 2.24) is 10.6 Å². The molecule has 0 heterocycles. The predicted molar refractivity (Wildman–Crippen MR) is 97.9 cm³/mol. The average Bonchev–Trinajstić information content (AvgIpc) is 2.66. The summed E-state index contributed by atoms with van der Waals surface area (Å²) in [5.41, 5.74) is 1.04. The highest BCUT2D eigenvalue weighted by Crippen LogP contribution is 2.23. The van der Waals surface area contributed by atoms with Crippen LogP contribution in [-0.4, -0.2) is 33.3 Å². The standard InChI is InChI=1S/C19H22F3N3O2/c1-23-19(24-11-10-13-6-3-4-8-16(13)26-2)25-12-14-15(20)7-5-9-17(14)27-18(21)22/h3-9,18H,10-12H2,1-2H3,(H2,23,24,25). The maximum atomic E-state index is 14.0. The van der Waals surface area contributed by atoms with E-state index in [-0.39, 0.29) is 17.9 Å². The monoisotopic (exact) mass is 381 g/mol. The van der Waals surface area contributed by atoms with E-state index in [1.807, 2.05) is 24.3 Å². The molecule has 0 unspecified atom stereocenters. The Morgan fingerprint density at radius 1 is 1.07 bits per heavy atom. The van der Waals surface area contributed by atoms with Crippen molar-refractivity contribution in [3.63, 3.8) is 0 Å². The predicted octanol–water partition coefficient (Wildman–Crippen LogP) is 3.34. The molecule has 27 heavy (non-hydrogen) atoms. The molecule has 2 rings (SSSR count). The molecule has 0 aliphatic carbocycles. The fourth-order valence-electron chi connectivity index (χ4n) is 2.53. The first-order chi connectivity index (χ1) is 13.0. The number of para-hydroxylation sites is 1. The Bertz CT molecular complexity index is 770.